The molecule has 0 spiro atoms. The molecule has 0 fully saturated rings. The van der Waals surface area contributed by atoms with Crippen LogP contribution in [0.1, 0.15) is 11.1 Å². The van der Waals surface area contributed by atoms with Gasteiger partial charge >= 0.3 is 0 Å². The van der Waals surface area contributed by atoms with Crippen LogP contribution < -0.4 is 11.3 Å². The maximum atomic E-state index is 12.1. The van der Waals surface area contributed by atoms with Crippen LogP contribution in [0, 0.1) is 0 Å². The van der Waals surface area contributed by atoms with Crippen LogP contribution in [0.4, 0.5) is 0 Å². The summed E-state index contributed by atoms with van der Waals surface area (Å²) in [6, 6.07) is 29.0. The Labute approximate surface area is 186 Å². The number of benzene rings is 3. The number of hydrazine groups is 1. The predicted octanol–water partition coefficient (Wildman–Crippen LogP) is 4.63. The van der Waals surface area contributed by atoms with Crippen molar-refractivity contribution < 1.29 is 4.79 Å². The number of nitrogens with zero attached hydrogens (tertiary/aromatic N) is 2. The second-order valence-corrected chi connectivity index (χ2v) is 7.95. The minimum Gasteiger partial charge on any atom is -0.347 e. The van der Waals surface area contributed by atoms with Crippen molar-refractivity contribution in [2.45, 2.75) is 19.4 Å². The highest BCUT2D eigenvalue weighted by Gasteiger charge is 2.13. The number of hydrogen-bond donors (Lipinski definition) is 2. The van der Waals surface area contributed by atoms with Crippen LogP contribution in [0.15, 0.2) is 91.1 Å². The Balaban J connectivity index is 1.54. The third kappa shape index (κ3) is 3.98. The number of hydrogen-bond acceptors (Lipinski definition) is 3. The highest BCUT2D eigenvalue weighted by Crippen LogP contribution is 2.29. The standard InChI is InChI=1S/C27H24N4O/c28-30-27(32)17-22-18-31(15-14-19-6-2-1-3-7-19)26-13-11-21(16-23(22)26)25-12-10-20-8-4-5-9-24(20)29-25/h1-13,16,18H,14-15,17,28H2,(H,30,32). The lowest BCUT2D eigenvalue weighted by Crippen LogP contribution is -2.31. The van der Waals surface area contributed by atoms with Gasteiger partial charge in [0.1, 0.15) is 0 Å². The number of carbonyl (C=O) groups is 1. The van der Waals surface area contributed by atoms with Gasteiger partial charge < -0.3 is 4.57 Å². The molecule has 0 atom stereocenters. The van der Waals surface area contributed by atoms with Gasteiger partial charge in [0.15, 0.2) is 0 Å². The maximum absolute atomic E-state index is 12.1. The normalized spacial score (nSPS) is 11.2. The summed E-state index contributed by atoms with van der Waals surface area (Å²) in [4.78, 5) is 16.9. The quantitative estimate of drug-likeness (QED) is 0.239. The van der Waals surface area contributed by atoms with E-state index < -0.39 is 0 Å². The van der Waals surface area contributed by atoms with Crippen molar-refractivity contribution in [3.63, 3.8) is 0 Å². The lowest BCUT2D eigenvalue weighted by atomic mass is 10.0. The molecule has 0 aliphatic heterocycles. The largest absolute Gasteiger partial charge is 0.347 e. The van der Waals surface area contributed by atoms with Crippen LogP contribution >= 0.6 is 0 Å². The molecule has 5 rings (SSSR count). The molecule has 0 aliphatic rings. The SMILES string of the molecule is NNC(=O)Cc1cn(CCc2ccccc2)c2ccc(-c3ccc4ccccc4n3)cc12. The van der Waals surface area contributed by atoms with Crippen molar-refractivity contribution in [3.05, 3.63) is 102 Å². The number of aromatic nitrogens is 2. The fraction of sp³-hybridized carbons (Fsp3) is 0.111. The van der Waals surface area contributed by atoms with Gasteiger partial charge in [-0.25, -0.2) is 10.8 Å². The molecule has 0 bridgehead atoms. The van der Waals surface area contributed by atoms with Crippen LogP contribution in [0.2, 0.25) is 0 Å². The van der Waals surface area contributed by atoms with Crippen LogP contribution in [0.3, 0.4) is 0 Å². The second-order valence-electron chi connectivity index (χ2n) is 7.95. The summed E-state index contributed by atoms with van der Waals surface area (Å²) in [7, 11) is 0. The van der Waals surface area contributed by atoms with E-state index in [0.717, 1.165) is 51.6 Å². The van der Waals surface area contributed by atoms with E-state index in [4.69, 9.17) is 10.8 Å². The molecule has 3 N–H and O–H groups in total. The molecule has 0 saturated carbocycles. The molecule has 0 unspecified atom stereocenters. The van der Waals surface area contributed by atoms with Crippen LogP contribution in [-0.2, 0) is 24.2 Å². The van der Waals surface area contributed by atoms with E-state index in [1.807, 2.05) is 30.3 Å². The molecule has 5 nitrogen and oxygen atoms in total. The van der Waals surface area contributed by atoms with Gasteiger partial charge in [-0.3, -0.25) is 10.2 Å². The molecule has 2 heterocycles. The monoisotopic (exact) mass is 420 g/mol. The first-order chi connectivity index (χ1) is 15.7. The van der Waals surface area contributed by atoms with Crippen molar-refractivity contribution in [1.29, 1.82) is 0 Å². The molecular formula is C27H24N4O. The molecule has 32 heavy (non-hydrogen) atoms. The number of nitrogens with two attached hydrogens (primary N) is 1. The fourth-order valence-electron chi connectivity index (χ4n) is 4.20. The van der Waals surface area contributed by atoms with Gasteiger partial charge in [-0.2, -0.15) is 0 Å². The highest BCUT2D eigenvalue weighted by molar-refractivity contribution is 5.92. The summed E-state index contributed by atoms with van der Waals surface area (Å²) in [6.07, 6.45) is 3.22. The highest BCUT2D eigenvalue weighted by atomic mass is 16.2. The first kappa shape index (κ1) is 20.0. The van der Waals surface area contributed by atoms with Crippen LogP contribution in [0.5, 0.6) is 0 Å². The number of para-hydroxylation sites is 1. The smallest absolute Gasteiger partial charge is 0.238 e. The number of fused-ring (bicyclic) bond motifs is 2. The maximum Gasteiger partial charge on any atom is 0.238 e. The Bertz CT molecular complexity index is 1410. The lowest BCUT2D eigenvalue weighted by molar-refractivity contribution is -0.120. The molecule has 0 aliphatic carbocycles. The van der Waals surface area contributed by atoms with E-state index in [1.165, 1.54) is 5.56 Å². The van der Waals surface area contributed by atoms with Crippen molar-refractivity contribution in [3.8, 4) is 11.3 Å². The second kappa shape index (κ2) is 8.65. The van der Waals surface area contributed by atoms with Crippen molar-refractivity contribution >= 4 is 27.7 Å². The average molecular weight is 421 g/mol. The summed E-state index contributed by atoms with van der Waals surface area (Å²) in [6.45, 7) is 0.832. The Morgan fingerprint density at radius 3 is 2.59 bits per heavy atom. The topological polar surface area (TPSA) is 72.9 Å². The first-order valence-electron chi connectivity index (χ1n) is 10.7. The number of aryl methyl sites for hydroxylation is 2. The van der Waals surface area contributed by atoms with Gasteiger partial charge in [-0.1, -0.05) is 60.7 Å². The van der Waals surface area contributed by atoms with Gasteiger partial charge in [0.05, 0.1) is 17.6 Å². The Morgan fingerprint density at radius 2 is 1.75 bits per heavy atom. The number of nitrogens with one attached hydrogen (secondary N) is 1. The fourth-order valence-corrected chi connectivity index (χ4v) is 4.20. The zero-order valence-electron chi connectivity index (χ0n) is 17.7. The zero-order valence-corrected chi connectivity index (χ0v) is 17.7. The summed E-state index contributed by atoms with van der Waals surface area (Å²) in [5.74, 6) is 5.16. The van der Waals surface area contributed by atoms with E-state index in [0.29, 0.717) is 0 Å². The molecule has 0 radical (unpaired) electrons. The number of pyridine rings is 1. The number of amides is 1. The number of rotatable bonds is 6. The average Bonchev–Trinajstić information content (AvgIpc) is 3.19. The van der Waals surface area contributed by atoms with Gasteiger partial charge in [-0.15, -0.1) is 0 Å². The first-order valence-corrected chi connectivity index (χ1v) is 10.7. The van der Waals surface area contributed by atoms with Gasteiger partial charge in [0.25, 0.3) is 0 Å². The molecule has 0 saturated heterocycles. The van der Waals surface area contributed by atoms with Crippen molar-refractivity contribution in [2.24, 2.45) is 5.84 Å². The van der Waals surface area contributed by atoms with Crippen molar-refractivity contribution in [1.82, 2.24) is 15.0 Å². The molecule has 1 amide bonds. The minimum absolute atomic E-state index is 0.207. The molecule has 3 aromatic carbocycles. The predicted molar refractivity (Wildman–Crippen MR) is 129 cm³/mol. The van der Waals surface area contributed by atoms with E-state index in [2.05, 4.69) is 70.8 Å². The van der Waals surface area contributed by atoms with E-state index in [9.17, 15) is 4.79 Å². The third-order valence-corrected chi connectivity index (χ3v) is 5.85. The Kier molecular flexibility index (Phi) is 5.40. The number of carbonyl (C=O) groups excluding carboxylic acids is 1. The van der Waals surface area contributed by atoms with E-state index in [-0.39, 0.29) is 12.3 Å². The zero-order chi connectivity index (χ0) is 21.9. The Hall–Kier alpha value is -3.96. The lowest BCUT2D eigenvalue weighted by Gasteiger charge is -2.07. The molecule has 5 aromatic rings. The summed E-state index contributed by atoms with van der Waals surface area (Å²) in [5, 5.41) is 2.17. The molecule has 2 aromatic heterocycles. The van der Waals surface area contributed by atoms with E-state index in [1.54, 1.807) is 0 Å². The van der Waals surface area contributed by atoms with Crippen LogP contribution in [-0.4, -0.2) is 15.5 Å². The molecule has 5 heteroatoms. The van der Waals surface area contributed by atoms with Gasteiger partial charge in [0, 0.05) is 34.6 Å². The van der Waals surface area contributed by atoms with Gasteiger partial charge in [0.2, 0.25) is 5.91 Å². The summed E-state index contributed by atoms with van der Waals surface area (Å²) >= 11 is 0. The van der Waals surface area contributed by atoms with Crippen molar-refractivity contribution in [2.75, 3.05) is 0 Å². The van der Waals surface area contributed by atoms with E-state index >= 15 is 0 Å². The summed E-state index contributed by atoms with van der Waals surface area (Å²) < 4.78 is 2.22. The van der Waals surface area contributed by atoms with Gasteiger partial charge in [-0.05, 0) is 41.8 Å². The third-order valence-electron chi connectivity index (χ3n) is 5.85. The molecular weight excluding hydrogens is 396 g/mol. The Morgan fingerprint density at radius 1 is 0.938 bits per heavy atom. The minimum atomic E-state index is -0.207. The van der Waals surface area contributed by atoms with Crippen LogP contribution in [0.25, 0.3) is 33.1 Å². The molecule has 158 valence electrons. The summed E-state index contributed by atoms with van der Waals surface area (Å²) in [5.41, 5.74) is 8.50.